The number of carbonyl (C=O) groups excluding carboxylic acids is 1. The van der Waals surface area contributed by atoms with Crippen LogP contribution in [0.3, 0.4) is 0 Å². The molecule has 0 saturated carbocycles. The van der Waals surface area contributed by atoms with E-state index in [9.17, 15) is 4.79 Å². The SMILES string of the molecule is CC#CCNC(=O)[C@H](N)Cc1c[nH]c2ccccc12. The molecule has 1 aromatic carbocycles. The van der Waals surface area contributed by atoms with E-state index in [-0.39, 0.29) is 5.91 Å². The Morgan fingerprint density at radius 1 is 1.47 bits per heavy atom. The van der Waals surface area contributed by atoms with Gasteiger partial charge in [0.2, 0.25) is 5.91 Å². The summed E-state index contributed by atoms with van der Waals surface area (Å²) in [5.41, 5.74) is 8.02. The fraction of sp³-hybridized carbons (Fsp3) is 0.267. The van der Waals surface area contributed by atoms with Gasteiger partial charge in [0.1, 0.15) is 0 Å². The minimum Gasteiger partial charge on any atom is -0.361 e. The number of hydrogen-bond donors (Lipinski definition) is 3. The van der Waals surface area contributed by atoms with Crippen LogP contribution < -0.4 is 11.1 Å². The molecular weight excluding hydrogens is 238 g/mol. The van der Waals surface area contributed by atoms with Gasteiger partial charge in [0, 0.05) is 17.1 Å². The molecule has 0 fully saturated rings. The maximum atomic E-state index is 11.8. The lowest BCUT2D eigenvalue weighted by Gasteiger charge is -2.10. The third-order valence-corrected chi connectivity index (χ3v) is 2.98. The Balaban J connectivity index is 2.03. The fourth-order valence-electron chi connectivity index (χ4n) is 1.98. The molecule has 1 aromatic heterocycles. The summed E-state index contributed by atoms with van der Waals surface area (Å²) in [6, 6.07) is 7.41. The van der Waals surface area contributed by atoms with Crippen LogP contribution in [-0.2, 0) is 11.2 Å². The molecule has 1 heterocycles. The average molecular weight is 255 g/mol. The first-order valence-corrected chi connectivity index (χ1v) is 6.20. The minimum atomic E-state index is -0.558. The average Bonchev–Trinajstić information content (AvgIpc) is 2.82. The van der Waals surface area contributed by atoms with Crippen molar-refractivity contribution in [1.29, 1.82) is 0 Å². The van der Waals surface area contributed by atoms with Gasteiger partial charge in [-0.2, -0.15) is 0 Å². The maximum Gasteiger partial charge on any atom is 0.238 e. The van der Waals surface area contributed by atoms with E-state index < -0.39 is 6.04 Å². The molecular formula is C15H17N3O. The predicted molar refractivity (Wildman–Crippen MR) is 76.4 cm³/mol. The molecule has 2 rings (SSSR count). The number of para-hydroxylation sites is 1. The zero-order valence-corrected chi connectivity index (χ0v) is 10.9. The Labute approximate surface area is 112 Å². The van der Waals surface area contributed by atoms with Gasteiger partial charge in [0.05, 0.1) is 12.6 Å². The van der Waals surface area contributed by atoms with Crippen molar-refractivity contribution in [2.75, 3.05) is 6.54 Å². The monoisotopic (exact) mass is 255 g/mol. The summed E-state index contributed by atoms with van der Waals surface area (Å²) in [5.74, 6) is 5.33. The van der Waals surface area contributed by atoms with Gasteiger partial charge in [-0.15, -0.1) is 5.92 Å². The van der Waals surface area contributed by atoms with E-state index in [1.54, 1.807) is 6.92 Å². The molecule has 0 radical (unpaired) electrons. The summed E-state index contributed by atoms with van der Waals surface area (Å²) in [4.78, 5) is 14.9. The molecule has 4 heteroatoms. The van der Waals surface area contributed by atoms with Crippen LogP contribution in [0.25, 0.3) is 10.9 Å². The van der Waals surface area contributed by atoms with E-state index in [1.807, 2.05) is 30.5 Å². The quantitative estimate of drug-likeness (QED) is 0.718. The van der Waals surface area contributed by atoms with Crippen molar-refractivity contribution < 1.29 is 4.79 Å². The predicted octanol–water partition coefficient (Wildman–Crippen LogP) is 1.18. The number of nitrogens with two attached hydrogens (primary N) is 1. The highest BCUT2D eigenvalue weighted by atomic mass is 16.2. The van der Waals surface area contributed by atoms with Crippen LogP contribution in [0.1, 0.15) is 12.5 Å². The van der Waals surface area contributed by atoms with Crippen molar-refractivity contribution in [1.82, 2.24) is 10.3 Å². The number of benzene rings is 1. The molecule has 4 N–H and O–H groups in total. The second-order valence-corrected chi connectivity index (χ2v) is 4.31. The van der Waals surface area contributed by atoms with Crippen LogP contribution in [0.15, 0.2) is 30.5 Å². The molecule has 1 atom stereocenters. The minimum absolute atomic E-state index is 0.173. The molecule has 0 unspecified atom stereocenters. The number of carbonyl (C=O) groups is 1. The highest BCUT2D eigenvalue weighted by Crippen LogP contribution is 2.18. The van der Waals surface area contributed by atoms with Crippen LogP contribution in [0.2, 0.25) is 0 Å². The molecule has 1 amide bonds. The van der Waals surface area contributed by atoms with E-state index in [2.05, 4.69) is 22.1 Å². The number of H-pyrrole nitrogens is 1. The zero-order valence-electron chi connectivity index (χ0n) is 10.9. The normalized spacial score (nSPS) is 11.7. The van der Waals surface area contributed by atoms with Crippen molar-refractivity contribution >= 4 is 16.8 Å². The third-order valence-electron chi connectivity index (χ3n) is 2.98. The van der Waals surface area contributed by atoms with Crippen molar-refractivity contribution in [3.05, 3.63) is 36.0 Å². The fourth-order valence-corrected chi connectivity index (χ4v) is 1.98. The van der Waals surface area contributed by atoms with Crippen LogP contribution in [-0.4, -0.2) is 23.5 Å². The van der Waals surface area contributed by atoms with Gasteiger partial charge >= 0.3 is 0 Å². The van der Waals surface area contributed by atoms with Gasteiger partial charge in [-0.25, -0.2) is 0 Å². The van der Waals surface area contributed by atoms with Crippen LogP contribution in [0, 0.1) is 11.8 Å². The Morgan fingerprint density at radius 3 is 3.05 bits per heavy atom. The number of rotatable bonds is 4. The van der Waals surface area contributed by atoms with Gasteiger partial charge < -0.3 is 16.0 Å². The second kappa shape index (κ2) is 6.07. The summed E-state index contributed by atoms with van der Waals surface area (Å²) >= 11 is 0. The first-order valence-electron chi connectivity index (χ1n) is 6.20. The number of hydrogen-bond acceptors (Lipinski definition) is 2. The molecule has 19 heavy (non-hydrogen) atoms. The number of fused-ring (bicyclic) bond motifs is 1. The standard InChI is InChI=1S/C15H17N3O/c1-2-3-8-17-15(19)13(16)9-11-10-18-14-7-5-4-6-12(11)14/h4-7,10,13,18H,8-9,16H2,1H3,(H,17,19)/t13-/m1/s1. The van der Waals surface area contributed by atoms with E-state index in [0.717, 1.165) is 16.5 Å². The Morgan fingerprint density at radius 2 is 2.26 bits per heavy atom. The number of aromatic amines is 1. The van der Waals surface area contributed by atoms with Gasteiger partial charge in [0.15, 0.2) is 0 Å². The molecule has 98 valence electrons. The second-order valence-electron chi connectivity index (χ2n) is 4.31. The van der Waals surface area contributed by atoms with Gasteiger partial charge in [-0.1, -0.05) is 24.1 Å². The lowest BCUT2D eigenvalue weighted by Crippen LogP contribution is -2.42. The smallest absolute Gasteiger partial charge is 0.238 e. The molecule has 0 aliphatic carbocycles. The largest absolute Gasteiger partial charge is 0.361 e. The number of aromatic nitrogens is 1. The van der Waals surface area contributed by atoms with Crippen LogP contribution in [0.4, 0.5) is 0 Å². The van der Waals surface area contributed by atoms with E-state index in [4.69, 9.17) is 5.73 Å². The van der Waals surface area contributed by atoms with Crippen LogP contribution in [0.5, 0.6) is 0 Å². The maximum absolute atomic E-state index is 11.8. The third kappa shape index (κ3) is 3.15. The van der Waals surface area contributed by atoms with Crippen molar-refractivity contribution in [3.8, 4) is 11.8 Å². The van der Waals surface area contributed by atoms with Gasteiger partial charge in [-0.3, -0.25) is 4.79 Å². The highest BCUT2D eigenvalue weighted by Gasteiger charge is 2.15. The highest BCUT2D eigenvalue weighted by molar-refractivity contribution is 5.86. The van der Waals surface area contributed by atoms with E-state index >= 15 is 0 Å². The van der Waals surface area contributed by atoms with Gasteiger partial charge in [0.25, 0.3) is 0 Å². The van der Waals surface area contributed by atoms with Crippen molar-refractivity contribution in [2.45, 2.75) is 19.4 Å². The van der Waals surface area contributed by atoms with E-state index in [0.29, 0.717) is 13.0 Å². The summed E-state index contributed by atoms with van der Waals surface area (Å²) in [7, 11) is 0. The lowest BCUT2D eigenvalue weighted by molar-refractivity contribution is -0.122. The Hall–Kier alpha value is -2.25. The first-order chi connectivity index (χ1) is 9.22. The molecule has 4 nitrogen and oxygen atoms in total. The van der Waals surface area contributed by atoms with Crippen molar-refractivity contribution in [2.24, 2.45) is 5.73 Å². The molecule has 0 saturated heterocycles. The Bertz CT molecular complexity index is 633. The molecule has 2 aromatic rings. The summed E-state index contributed by atoms with van der Waals surface area (Å²) in [6.45, 7) is 2.08. The molecule has 0 aliphatic heterocycles. The summed E-state index contributed by atoms with van der Waals surface area (Å²) < 4.78 is 0. The molecule has 0 bridgehead atoms. The Kier molecular flexibility index (Phi) is 4.22. The molecule has 0 aliphatic rings. The zero-order chi connectivity index (χ0) is 13.7. The summed E-state index contributed by atoms with van der Waals surface area (Å²) in [6.07, 6.45) is 2.42. The van der Waals surface area contributed by atoms with Gasteiger partial charge in [-0.05, 0) is 25.0 Å². The van der Waals surface area contributed by atoms with Crippen molar-refractivity contribution in [3.63, 3.8) is 0 Å². The molecule has 0 spiro atoms. The first kappa shape index (κ1) is 13.2. The van der Waals surface area contributed by atoms with Crippen LogP contribution >= 0.6 is 0 Å². The van der Waals surface area contributed by atoms with E-state index in [1.165, 1.54) is 0 Å². The lowest BCUT2D eigenvalue weighted by atomic mass is 10.1. The number of amides is 1. The summed E-state index contributed by atoms with van der Waals surface area (Å²) in [5, 5.41) is 3.81. The topological polar surface area (TPSA) is 70.9 Å². The number of nitrogens with one attached hydrogen (secondary N) is 2.